The minimum atomic E-state index is -0.671. The van der Waals surface area contributed by atoms with Crippen LogP contribution in [0.5, 0.6) is 0 Å². The highest BCUT2D eigenvalue weighted by molar-refractivity contribution is 5.66. The van der Waals surface area contributed by atoms with Gasteiger partial charge in [-0.3, -0.25) is 4.79 Å². The molecule has 0 aromatic heterocycles. The average Bonchev–Trinajstić information content (AvgIpc) is 2.51. The van der Waals surface area contributed by atoms with Crippen LogP contribution in [0.4, 0.5) is 0 Å². The monoisotopic (exact) mass is 326 g/mol. The molecule has 2 N–H and O–H groups in total. The van der Waals surface area contributed by atoms with Gasteiger partial charge in [0.05, 0.1) is 6.10 Å². The Labute approximate surface area is 143 Å². The van der Waals surface area contributed by atoms with Crippen molar-refractivity contribution in [1.29, 1.82) is 0 Å². The summed E-state index contributed by atoms with van der Waals surface area (Å²) in [5.41, 5.74) is 0. The maximum atomic E-state index is 10.4. The number of aliphatic hydroxyl groups excluding tert-OH is 1. The third-order valence-electron chi connectivity index (χ3n) is 4.33. The van der Waals surface area contributed by atoms with E-state index in [4.69, 9.17) is 5.11 Å². The fourth-order valence-corrected chi connectivity index (χ4v) is 2.85. The van der Waals surface area contributed by atoms with Crippen LogP contribution in [0.25, 0.3) is 0 Å². The van der Waals surface area contributed by atoms with E-state index >= 15 is 0 Å². The summed E-state index contributed by atoms with van der Waals surface area (Å²) in [7, 11) is 0. The molecule has 0 heterocycles. The van der Waals surface area contributed by atoms with Gasteiger partial charge in [0, 0.05) is 6.42 Å². The molecule has 0 aliphatic heterocycles. The summed E-state index contributed by atoms with van der Waals surface area (Å²) in [6.45, 7) is 2.02. The lowest BCUT2D eigenvalue weighted by molar-refractivity contribution is -0.137. The summed E-state index contributed by atoms with van der Waals surface area (Å²) >= 11 is 0. The molecule has 0 amide bonds. The molecule has 23 heavy (non-hydrogen) atoms. The van der Waals surface area contributed by atoms with Gasteiger partial charge in [-0.2, -0.15) is 0 Å². The Balaban J connectivity index is 3.11. The molecule has 3 heteroatoms. The van der Waals surface area contributed by atoms with Gasteiger partial charge >= 0.3 is 5.97 Å². The van der Waals surface area contributed by atoms with Crippen molar-refractivity contribution >= 4 is 5.97 Å². The predicted octanol–water partition coefficient (Wildman–Crippen LogP) is 5.86. The first kappa shape index (κ1) is 22.2. The van der Waals surface area contributed by atoms with Gasteiger partial charge in [-0.15, -0.1) is 0 Å². The highest BCUT2D eigenvalue weighted by Gasteiger charge is 2.02. The lowest BCUT2D eigenvalue weighted by atomic mass is 10.0. The smallest absolute Gasteiger partial charge is 0.303 e. The summed E-state index contributed by atoms with van der Waals surface area (Å²) in [6.07, 6.45) is 20.5. The van der Waals surface area contributed by atoms with Gasteiger partial charge in [-0.05, 0) is 32.6 Å². The molecule has 1 atom stereocenters. The number of rotatable bonds is 17. The van der Waals surface area contributed by atoms with Gasteiger partial charge in [0.2, 0.25) is 0 Å². The number of aliphatic hydroxyl groups is 1. The molecule has 0 aromatic rings. The van der Waals surface area contributed by atoms with Crippen LogP contribution in [-0.2, 0) is 4.79 Å². The number of carboxylic acid groups (broad SMARTS) is 1. The Hall–Kier alpha value is -0.830. The van der Waals surface area contributed by atoms with E-state index < -0.39 is 5.97 Å². The molecule has 0 saturated carbocycles. The van der Waals surface area contributed by atoms with Crippen molar-refractivity contribution in [2.45, 2.75) is 109 Å². The van der Waals surface area contributed by atoms with Gasteiger partial charge in [0.25, 0.3) is 0 Å². The van der Waals surface area contributed by atoms with E-state index in [-0.39, 0.29) is 6.10 Å². The molecule has 0 rings (SSSR count). The van der Waals surface area contributed by atoms with Crippen molar-refractivity contribution < 1.29 is 15.0 Å². The fraction of sp³-hybridized carbons (Fsp3) is 0.850. The van der Waals surface area contributed by atoms with Crippen LogP contribution in [0.3, 0.4) is 0 Å². The summed E-state index contributed by atoms with van der Waals surface area (Å²) in [4.78, 5) is 10.4. The average molecular weight is 327 g/mol. The number of hydrogen-bond donors (Lipinski definition) is 2. The van der Waals surface area contributed by atoms with Crippen molar-refractivity contribution in [2.24, 2.45) is 0 Å². The molecular weight excluding hydrogens is 288 g/mol. The number of allylic oxidation sites excluding steroid dienone is 2. The molecule has 3 nitrogen and oxygen atoms in total. The van der Waals surface area contributed by atoms with Crippen LogP contribution >= 0.6 is 0 Å². The van der Waals surface area contributed by atoms with Gasteiger partial charge < -0.3 is 10.2 Å². The number of unbranched alkanes of at least 4 members (excludes halogenated alkanes) is 10. The molecule has 0 spiro atoms. The Morgan fingerprint density at radius 2 is 1.30 bits per heavy atom. The van der Waals surface area contributed by atoms with E-state index in [9.17, 15) is 9.90 Å². The highest BCUT2D eigenvalue weighted by atomic mass is 16.4. The number of carbonyl (C=O) groups is 1. The van der Waals surface area contributed by atoms with Crippen LogP contribution < -0.4 is 0 Å². The second kappa shape index (κ2) is 17.5. The molecule has 0 radical (unpaired) electrons. The molecular formula is C20H38O3. The highest BCUT2D eigenvalue weighted by Crippen LogP contribution is 2.14. The maximum Gasteiger partial charge on any atom is 0.303 e. The number of hydrogen-bond acceptors (Lipinski definition) is 2. The van der Waals surface area contributed by atoms with Gasteiger partial charge in [-0.25, -0.2) is 0 Å². The topological polar surface area (TPSA) is 57.5 Å². The van der Waals surface area contributed by atoms with Crippen molar-refractivity contribution in [3.63, 3.8) is 0 Å². The van der Waals surface area contributed by atoms with Crippen LogP contribution in [0.1, 0.15) is 103 Å². The van der Waals surface area contributed by atoms with Crippen molar-refractivity contribution in [2.75, 3.05) is 0 Å². The second-order valence-electron chi connectivity index (χ2n) is 6.62. The van der Waals surface area contributed by atoms with Crippen LogP contribution in [-0.4, -0.2) is 22.3 Å². The van der Waals surface area contributed by atoms with E-state index in [1.54, 1.807) is 0 Å². The molecule has 0 aliphatic rings. The summed E-state index contributed by atoms with van der Waals surface area (Å²) in [5.74, 6) is -0.671. The zero-order valence-electron chi connectivity index (χ0n) is 15.1. The van der Waals surface area contributed by atoms with Crippen molar-refractivity contribution in [3.05, 3.63) is 12.2 Å². The van der Waals surface area contributed by atoms with E-state index in [0.717, 1.165) is 38.5 Å². The Morgan fingerprint density at radius 1 is 0.826 bits per heavy atom. The van der Waals surface area contributed by atoms with Crippen molar-refractivity contribution in [3.8, 4) is 0 Å². The van der Waals surface area contributed by atoms with E-state index in [0.29, 0.717) is 6.42 Å². The molecule has 0 aromatic carbocycles. The molecule has 136 valence electrons. The molecule has 0 aliphatic carbocycles. The summed E-state index contributed by atoms with van der Waals surface area (Å²) in [6, 6.07) is 0. The molecule has 0 bridgehead atoms. The number of carboxylic acids is 1. The van der Waals surface area contributed by atoms with Gasteiger partial charge in [-0.1, -0.05) is 76.4 Å². The molecule has 0 saturated heterocycles. The van der Waals surface area contributed by atoms with Crippen LogP contribution in [0, 0.1) is 0 Å². The minimum absolute atomic E-state index is 0.118. The first-order valence-electron chi connectivity index (χ1n) is 9.67. The van der Waals surface area contributed by atoms with Gasteiger partial charge in [0.15, 0.2) is 0 Å². The first-order chi connectivity index (χ1) is 11.2. The standard InChI is InChI=1S/C20H38O3/c1-2-3-13-16-19(21)17-14-11-9-7-5-4-6-8-10-12-15-18-20(22)23/h2-3,19,21H,4-18H2,1H3,(H,22,23). The normalized spacial score (nSPS) is 12.8. The molecule has 1 unspecified atom stereocenters. The third-order valence-corrected chi connectivity index (χ3v) is 4.33. The van der Waals surface area contributed by atoms with E-state index in [1.165, 1.54) is 51.4 Å². The lowest BCUT2D eigenvalue weighted by Gasteiger charge is -2.08. The second-order valence-corrected chi connectivity index (χ2v) is 6.62. The van der Waals surface area contributed by atoms with E-state index in [2.05, 4.69) is 6.08 Å². The van der Waals surface area contributed by atoms with Crippen LogP contribution in [0.15, 0.2) is 12.2 Å². The SMILES string of the molecule is CC=CCCC(O)CCCCCCCCCCCCCC(=O)O. The molecule has 0 fully saturated rings. The Morgan fingerprint density at radius 3 is 1.78 bits per heavy atom. The number of aliphatic carboxylic acids is 1. The van der Waals surface area contributed by atoms with Crippen molar-refractivity contribution in [1.82, 2.24) is 0 Å². The lowest BCUT2D eigenvalue weighted by Crippen LogP contribution is -2.05. The Bertz CT molecular complexity index is 287. The maximum absolute atomic E-state index is 10.4. The zero-order valence-corrected chi connectivity index (χ0v) is 15.1. The van der Waals surface area contributed by atoms with Gasteiger partial charge in [0.1, 0.15) is 0 Å². The Kier molecular flexibility index (Phi) is 16.9. The van der Waals surface area contributed by atoms with E-state index in [1.807, 2.05) is 13.0 Å². The first-order valence-corrected chi connectivity index (χ1v) is 9.67. The third kappa shape index (κ3) is 19.1. The quantitative estimate of drug-likeness (QED) is 0.260. The minimum Gasteiger partial charge on any atom is -0.481 e. The fourth-order valence-electron chi connectivity index (χ4n) is 2.85. The van der Waals surface area contributed by atoms with Crippen LogP contribution in [0.2, 0.25) is 0 Å². The predicted molar refractivity (Wildman–Crippen MR) is 97.7 cm³/mol. The zero-order chi connectivity index (χ0) is 17.2. The summed E-state index contributed by atoms with van der Waals surface area (Å²) in [5, 5.41) is 18.3. The largest absolute Gasteiger partial charge is 0.481 e. The summed E-state index contributed by atoms with van der Waals surface area (Å²) < 4.78 is 0.